The maximum atomic E-state index is 5.11. The molecule has 0 unspecified atom stereocenters. The average Bonchev–Trinajstić information content (AvgIpc) is 3.39. The lowest BCUT2D eigenvalue weighted by atomic mass is 10.0. The van der Waals surface area contributed by atoms with Gasteiger partial charge in [-0.2, -0.15) is 0 Å². The van der Waals surface area contributed by atoms with Gasteiger partial charge in [-0.25, -0.2) is 9.97 Å². The summed E-state index contributed by atoms with van der Waals surface area (Å²) in [4.78, 5) is 14.3. The van der Waals surface area contributed by atoms with Crippen LogP contribution in [-0.4, -0.2) is 15.0 Å². The molecule has 0 saturated carbocycles. The molecule has 8 aromatic rings. The first-order valence-electron chi connectivity index (χ1n) is 12.9. The summed E-state index contributed by atoms with van der Waals surface area (Å²) in [5.41, 5.74) is 8.25. The highest BCUT2D eigenvalue weighted by atomic mass is 32.1. The van der Waals surface area contributed by atoms with Crippen LogP contribution in [0, 0.1) is 0 Å². The summed E-state index contributed by atoms with van der Waals surface area (Å²) in [7, 11) is 0. The van der Waals surface area contributed by atoms with Gasteiger partial charge in [-0.1, -0.05) is 72.8 Å². The standard InChI is InChI=1S/C35H21N3S/c1-2-4-32-28(3-1)29-21-27(13-16-33(29)39-32)22-5-7-23(8-6-22)30-14-11-25-9-10-26-12-15-31(24-17-19-36-20-18-24)38-35(26)34(25)37-30/h1-21H. The molecule has 0 atom stereocenters. The van der Waals surface area contributed by atoms with E-state index in [4.69, 9.17) is 9.97 Å². The number of rotatable bonds is 3. The van der Waals surface area contributed by atoms with Crippen molar-refractivity contribution in [2.24, 2.45) is 0 Å². The van der Waals surface area contributed by atoms with E-state index < -0.39 is 0 Å². The van der Waals surface area contributed by atoms with Crippen LogP contribution in [0.25, 0.3) is 75.6 Å². The van der Waals surface area contributed by atoms with E-state index in [1.165, 1.54) is 31.3 Å². The molecule has 0 spiro atoms. The van der Waals surface area contributed by atoms with Crippen LogP contribution < -0.4 is 0 Å². The van der Waals surface area contributed by atoms with Crippen molar-refractivity contribution in [3.8, 4) is 33.6 Å². The van der Waals surface area contributed by atoms with E-state index in [0.29, 0.717) is 0 Å². The van der Waals surface area contributed by atoms with Crippen molar-refractivity contribution in [2.75, 3.05) is 0 Å². The molecule has 4 heterocycles. The topological polar surface area (TPSA) is 38.7 Å². The smallest absolute Gasteiger partial charge is 0.0972 e. The largest absolute Gasteiger partial charge is 0.265 e. The average molecular weight is 516 g/mol. The molecule has 0 radical (unpaired) electrons. The third-order valence-corrected chi connectivity index (χ3v) is 8.54. The normalized spacial score (nSPS) is 11.6. The molecule has 4 heteroatoms. The van der Waals surface area contributed by atoms with Gasteiger partial charge < -0.3 is 0 Å². The molecule has 0 saturated heterocycles. The molecule has 0 N–H and O–H groups in total. The molecule has 0 fully saturated rings. The summed E-state index contributed by atoms with van der Waals surface area (Å²) in [6, 6.07) is 40.8. The number of fused-ring (bicyclic) bond motifs is 6. The third kappa shape index (κ3) is 3.77. The van der Waals surface area contributed by atoms with Crippen LogP contribution >= 0.6 is 11.3 Å². The Labute approximate surface area is 229 Å². The highest BCUT2D eigenvalue weighted by molar-refractivity contribution is 7.25. The zero-order valence-electron chi connectivity index (χ0n) is 20.9. The van der Waals surface area contributed by atoms with Gasteiger partial charge in [-0.3, -0.25) is 4.98 Å². The van der Waals surface area contributed by atoms with Crippen LogP contribution in [0.4, 0.5) is 0 Å². The quantitative estimate of drug-likeness (QED) is 0.220. The summed E-state index contributed by atoms with van der Waals surface area (Å²) in [6.07, 6.45) is 3.59. The Morgan fingerprint density at radius 2 is 1.00 bits per heavy atom. The number of hydrogen-bond donors (Lipinski definition) is 0. The Morgan fingerprint density at radius 3 is 1.72 bits per heavy atom. The van der Waals surface area contributed by atoms with Crippen molar-refractivity contribution in [3.63, 3.8) is 0 Å². The molecule has 0 aliphatic rings. The molecule has 0 bridgehead atoms. The molecular formula is C35H21N3S. The minimum atomic E-state index is 0.913. The van der Waals surface area contributed by atoms with Crippen LogP contribution in [0.1, 0.15) is 0 Å². The van der Waals surface area contributed by atoms with Gasteiger partial charge in [-0.15, -0.1) is 11.3 Å². The maximum Gasteiger partial charge on any atom is 0.0972 e. The maximum absolute atomic E-state index is 5.11. The highest BCUT2D eigenvalue weighted by Gasteiger charge is 2.10. The molecule has 3 nitrogen and oxygen atoms in total. The van der Waals surface area contributed by atoms with Crippen LogP contribution in [0.15, 0.2) is 128 Å². The fraction of sp³-hybridized carbons (Fsp3) is 0. The predicted octanol–water partition coefficient (Wildman–Crippen LogP) is 9.55. The monoisotopic (exact) mass is 515 g/mol. The first kappa shape index (κ1) is 22.1. The van der Waals surface area contributed by atoms with E-state index in [-0.39, 0.29) is 0 Å². The van der Waals surface area contributed by atoms with Gasteiger partial charge in [0.05, 0.1) is 22.4 Å². The third-order valence-electron chi connectivity index (χ3n) is 7.39. The van der Waals surface area contributed by atoms with Gasteiger partial charge in [0.2, 0.25) is 0 Å². The number of hydrogen-bond acceptors (Lipinski definition) is 4. The second kappa shape index (κ2) is 8.83. The van der Waals surface area contributed by atoms with Gasteiger partial charge in [0, 0.05) is 54.5 Å². The highest BCUT2D eigenvalue weighted by Crippen LogP contribution is 2.36. The second-order valence-electron chi connectivity index (χ2n) is 9.72. The summed E-state index contributed by atoms with van der Waals surface area (Å²) in [5, 5.41) is 4.80. The molecule has 4 aromatic heterocycles. The van der Waals surface area contributed by atoms with E-state index >= 15 is 0 Å². The lowest BCUT2D eigenvalue weighted by Gasteiger charge is -2.09. The molecule has 4 aromatic carbocycles. The SMILES string of the molecule is c1ccc2c(c1)sc1ccc(-c3ccc(-c4ccc5ccc6ccc(-c7ccncc7)nc6c5n4)cc3)cc12. The second-order valence-corrected chi connectivity index (χ2v) is 10.8. The van der Waals surface area contributed by atoms with Crippen molar-refractivity contribution in [1.82, 2.24) is 15.0 Å². The van der Waals surface area contributed by atoms with Crippen LogP contribution in [0.3, 0.4) is 0 Å². The molecule has 0 aliphatic heterocycles. The molecule has 0 amide bonds. The fourth-order valence-electron chi connectivity index (χ4n) is 5.35. The van der Waals surface area contributed by atoms with Gasteiger partial charge >= 0.3 is 0 Å². The molecule has 39 heavy (non-hydrogen) atoms. The predicted molar refractivity (Wildman–Crippen MR) is 164 cm³/mol. The van der Waals surface area contributed by atoms with Gasteiger partial charge in [0.15, 0.2) is 0 Å². The van der Waals surface area contributed by atoms with Gasteiger partial charge in [-0.05, 0) is 53.6 Å². The minimum Gasteiger partial charge on any atom is -0.265 e. The number of pyridine rings is 3. The number of aromatic nitrogens is 3. The van der Waals surface area contributed by atoms with E-state index in [0.717, 1.165) is 44.3 Å². The van der Waals surface area contributed by atoms with Crippen molar-refractivity contribution in [1.29, 1.82) is 0 Å². The summed E-state index contributed by atoms with van der Waals surface area (Å²) >= 11 is 1.85. The van der Waals surface area contributed by atoms with Crippen molar-refractivity contribution < 1.29 is 0 Å². The van der Waals surface area contributed by atoms with Gasteiger partial charge in [0.1, 0.15) is 0 Å². The Balaban J connectivity index is 1.19. The zero-order chi connectivity index (χ0) is 25.8. The van der Waals surface area contributed by atoms with Gasteiger partial charge in [0.25, 0.3) is 0 Å². The molecule has 8 rings (SSSR count). The minimum absolute atomic E-state index is 0.913. The Morgan fingerprint density at radius 1 is 0.436 bits per heavy atom. The lowest BCUT2D eigenvalue weighted by Crippen LogP contribution is -1.91. The van der Waals surface area contributed by atoms with Crippen LogP contribution in [0.5, 0.6) is 0 Å². The van der Waals surface area contributed by atoms with Crippen molar-refractivity contribution >= 4 is 53.3 Å². The first-order chi connectivity index (χ1) is 19.3. The summed E-state index contributed by atoms with van der Waals surface area (Å²) < 4.78 is 2.65. The zero-order valence-corrected chi connectivity index (χ0v) is 21.7. The van der Waals surface area contributed by atoms with E-state index in [2.05, 4.69) is 108 Å². The lowest BCUT2D eigenvalue weighted by molar-refractivity contribution is 1.31. The number of nitrogens with zero attached hydrogens (tertiary/aromatic N) is 3. The van der Waals surface area contributed by atoms with Crippen LogP contribution in [0.2, 0.25) is 0 Å². The molecule has 0 aliphatic carbocycles. The summed E-state index contributed by atoms with van der Waals surface area (Å²) in [5.74, 6) is 0. The Hall–Kier alpha value is -4.93. The summed E-state index contributed by atoms with van der Waals surface area (Å²) in [6.45, 7) is 0. The fourth-order valence-corrected chi connectivity index (χ4v) is 6.44. The number of thiophene rings is 1. The van der Waals surface area contributed by atoms with Crippen LogP contribution in [-0.2, 0) is 0 Å². The number of benzene rings is 4. The van der Waals surface area contributed by atoms with E-state index in [1.807, 2.05) is 23.5 Å². The molecule has 182 valence electrons. The van der Waals surface area contributed by atoms with Crippen molar-refractivity contribution in [3.05, 3.63) is 128 Å². The van der Waals surface area contributed by atoms with Crippen molar-refractivity contribution in [2.45, 2.75) is 0 Å². The molecular weight excluding hydrogens is 494 g/mol. The Kier molecular flexibility index (Phi) is 5.00. The first-order valence-corrected chi connectivity index (χ1v) is 13.7. The van der Waals surface area contributed by atoms with E-state index in [1.54, 1.807) is 12.4 Å². The van der Waals surface area contributed by atoms with E-state index in [9.17, 15) is 0 Å². The Bertz CT molecular complexity index is 2160.